The van der Waals surface area contributed by atoms with Gasteiger partial charge in [-0.25, -0.2) is 0 Å². The predicted octanol–water partition coefficient (Wildman–Crippen LogP) is 0.0398. The van der Waals surface area contributed by atoms with E-state index in [1.807, 2.05) is 0 Å². The number of likely N-dealkylation sites (tertiary alicyclic amines) is 1. The molecule has 4 heteroatoms. The summed E-state index contributed by atoms with van der Waals surface area (Å²) in [7, 11) is 0. The normalized spacial score (nSPS) is 27.6. The summed E-state index contributed by atoms with van der Waals surface area (Å²) in [5.74, 6) is 0. The molecular weight excluding hydrogens is 204 g/mol. The number of ether oxygens (including phenoxy) is 1. The first-order chi connectivity index (χ1) is 7.76. The van der Waals surface area contributed by atoms with E-state index < -0.39 is 0 Å². The quantitative estimate of drug-likeness (QED) is 0.724. The Bertz CT molecular complexity index is 168. The van der Waals surface area contributed by atoms with Crippen LogP contribution in [0.4, 0.5) is 0 Å². The molecular formula is C12H24N2O2. The number of aliphatic hydroxyl groups is 1. The summed E-state index contributed by atoms with van der Waals surface area (Å²) in [6.45, 7) is 15.0. The SMILES string of the molecule is [CH2]CN1CCC(O)C1.[CH2]CN1CCOCC1. The Labute approximate surface area is 99.2 Å². The molecule has 0 bridgehead atoms. The summed E-state index contributed by atoms with van der Waals surface area (Å²) in [5.41, 5.74) is 0. The summed E-state index contributed by atoms with van der Waals surface area (Å²) < 4.78 is 5.13. The molecule has 0 amide bonds. The highest BCUT2D eigenvalue weighted by atomic mass is 16.5. The van der Waals surface area contributed by atoms with E-state index in [2.05, 4.69) is 23.6 Å². The molecule has 2 saturated heterocycles. The molecule has 2 radical (unpaired) electrons. The first kappa shape index (κ1) is 13.9. The lowest BCUT2D eigenvalue weighted by Gasteiger charge is -2.24. The predicted molar refractivity (Wildman–Crippen MR) is 65.0 cm³/mol. The number of morpholine rings is 1. The van der Waals surface area contributed by atoms with Crippen LogP contribution in [-0.2, 0) is 4.74 Å². The van der Waals surface area contributed by atoms with Crippen molar-refractivity contribution >= 4 is 0 Å². The van der Waals surface area contributed by atoms with Crippen molar-refractivity contribution in [3.8, 4) is 0 Å². The molecule has 2 heterocycles. The summed E-state index contributed by atoms with van der Waals surface area (Å²) >= 11 is 0. The van der Waals surface area contributed by atoms with E-state index in [0.717, 1.165) is 58.9 Å². The minimum absolute atomic E-state index is 0.0863. The molecule has 0 aliphatic carbocycles. The molecule has 2 fully saturated rings. The zero-order valence-electron chi connectivity index (χ0n) is 10.1. The van der Waals surface area contributed by atoms with Gasteiger partial charge in [-0.1, -0.05) is 0 Å². The third-order valence-corrected chi connectivity index (χ3v) is 2.98. The average molecular weight is 228 g/mol. The maximum absolute atomic E-state index is 8.96. The minimum atomic E-state index is -0.0863. The fourth-order valence-electron chi connectivity index (χ4n) is 1.84. The zero-order valence-corrected chi connectivity index (χ0v) is 10.1. The van der Waals surface area contributed by atoms with Crippen LogP contribution in [0.25, 0.3) is 0 Å². The second-order valence-corrected chi connectivity index (χ2v) is 4.20. The number of aliphatic hydroxyl groups excluding tert-OH is 1. The van der Waals surface area contributed by atoms with Gasteiger partial charge >= 0.3 is 0 Å². The monoisotopic (exact) mass is 228 g/mol. The van der Waals surface area contributed by atoms with Gasteiger partial charge < -0.3 is 14.7 Å². The molecule has 1 N–H and O–H groups in total. The van der Waals surface area contributed by atoms with Crippen LogP contribution in [0.15, 0.2) is 0 Å². The van der Waals surface area contributed by atoms with Gasteiger partial charge in [0, 0.05) is 26.2 Å². The van der Waals surface area contributed by atoms with Gasteiger partial charge in [-0.3, -0.25) is 4.90 Å². The van der Waals surface area contributed by atoms with Crippen molar-refractivity contribution in [1.29, 1.82) is 0 Å². The summed E-state index contributed by atoms with van der Waals surface area (Å²) in [5, 5.41) is 8.96. The lowest BCUT2D eigenvalue weighted by atomic mass is 10.3. The number of rotatable bonds is 2. The maximum atomic E-state index is 8.96. The van der Waals surface area contributed by atoms with Crippen LogP contribution in [0.1, 0.15) is 6.42 Å². The molecule has 4 nitrogen and oxygen atoms in total. The molecule has 0 saturated carbocycles. The van der Waals surface area contributed by atoms with E-state index in [-0.39, 0.29) is 6.10 Å². The Morgan fingerprint density at radius 2 is 1.69 bits per heavy atom. The third kappa shape index (κ3) is 5.25. The van der Waals surface area contributed by atoms with Gasteiger partial charge in [0.05, 0.1) is 19.3 Å². The Hall–Kier alpha value is -0.160. The Morgan fingerprint density at radius 1 is 1.06 bits per heavy atom. The topological polar surface area (TPSA) is 35.9 Å². The number of β-amino-alcohol motifs (C(OH)–C–C–N with tert-alkyl or cyclic N) is 1. The van der Waals surface area contributed by atoms with Gasteiger partial charge in [-0.05, 0) is 33.4 Å². The lowest BCUT2D eigenvalue weighted by Crippen LogP contribution is -2.35. The van der Waals surface area contributed by atoms with Crippen molar-refractivity contribution in [2.24, 2.45) is 0 Å². The van der Waals surface area contributed by atoms with Crippen LogP contribution in [0.5, 0.6) is 0 Å². The van der Waals surface area contributed by atoms with E-state index in [4.69, 9.17) is 9.84 Å². The molecule has 0 aromatic carbocycles. The van der Waals surface area contributed by atoms with Crippen molar-refractivity contribution in [3.63, 3.8) is 0 Å². The summed E-state index contributed by atoms with van der Waals surface area (Å²) in [6.07, 6.45) is 0.840. The molecule has 94 valence electrons. The standard InChI is InChI=1S/2C6H12NO/c1-2-7-3-5-8-6-4-7;1-2-7-4-3-6(8)5-7/h1-6H2;6,8H,1-5H2. The molecule has 2 aliphatic rings. The van der Waals surface area contributed by atoms with E-state index in [1.165, 1.54) is 0 Å². The number of hydrogen-bond acceptors (Lipinski definition) is 4. The first-order valence-electron chi connectivity index (χ1n) is 6.05. The van der Waals surface area contributed by atoms with Crippen LogP contribution >= 0.6 is 0 Å². The molecule has 0 aromatic heterocycles. The first-order valence-corrected chi connectivity index (χ1v) is 6.05. The molecule has 0 aromatic rings. The molecule has 16 heavy (non-hydrogen) atoms. The second kappa shape index (κ2) is 8.01. The highest BCUT2D eigenvalue weighted by Crippen LogP contribution is 2.06. The van der Waals surface area contributed by atoms with Crippen molar-refractivity contribution in [2.45, 2.75) is 12.5 Å². The van der Waals surface area contributed by atoms with Gasteiger partial charge in [0.2, 0.25) is 0 Å². The summed E-state index contributed by atoms with van der Waals surface area (Å²) in [4.78, 5) is 4.42. The largest absolute Gasteiger partial charge is 0.392 e. The average Bonchev–Trinajstić information content (AvgIpc) is 2.77. The van der Waals surface area contributed by atoms with Gasteiger partial charge in [0.1, 0.15) is 0 Å². The van der Waals surface area contributed by atoms with Crippen molar-refractivity contribution < 1.29 is 9.84 Å². The minimum Gasteiger partial charge on any atom is -0.392 e. The maximum Gasteiger partial charge on any atom is 0.0679 e. The molecule has 1 atom stereocenters. The van der Waals surface area contributed by atoms with Crippen LogP contribution in [0.3, 0.4) is 0 Å². The highest BCUT2D eigenvalue weighted by Gasteiger charge is 2.17. The number of nitrogens with zero attached hydrogens (tertiary/aromatic N) is 2. The Balaban J connectivity index is 0.000000160. The van der Waals surface area contributed by atoms with E-state index >= 15 is 0 Å². The van der Waals surface area contributed by atoms with Crippen molar-refractivity contribution in [2.75, 3.05) is 52.5 Å². The van der Waals surface area contributed by atoms with Crippen molar-refractivity contribution in [3.05, 3.63) is 13.8 Å². The Kier molecular flexibility index (Phi) is 6.96. The Morgan fingerprint density at radius 3 is 2.00 bits per heavy atom. The number of hydrogen-bond donors (Lipinski definition) is 1. The smallest absolute Gasteiger partial charge is 0.0679 e. The third-order valence-electron chi connectivity index (χ3n) is 2.98. The zero-order chi connectivity index (χ0) is 11.8. The van der Waals surface area contributed by atoms with E-state index in [9.17, 15) is 0 Å². The van der Waals surface area contributed by atoms with Gasteiger partial charge in [0.25, 0.3) is 0 Å². The van der Waals surface area contributed by atoms with Crippen molar-refractivity contribution in [1.82, 2.24) is 9.80 Å². The molecule has 0 spiro atoms. The molecule has 1 unspecified atom stereocenters. The fourth-order valence-corrected chi connectivity index (χ4v) is 1.84. The summed E-state index contributed by atoms with van der Waals surface area (Å²) in [6, 6.07) is 0. The molecule has 2 rings (SSSR count). The molecule has 2 aliphatic heterocycles. The van der Waals surface area contributed by atoms with Gasteiger partial charge in [0.15, 0.2) is 0 Å². The fraction of sp³-hybridized carbons (Fsp3) is 0.833. The van der Waals surface area contributed by atoms with Crippen LogP contribution in [0, 0.1) is 13.8 Å². The van der Waals surface area contributed by atoms with E-state index in [1.54, 1.807) is 0 Å². The van der Waals surface area contributed by atoms with E-state index in [0.29, 0.717) is 0 Å². The van der Waals surface area contributed by atoms with Gasteiger partial charge in [-0.2, -0.15) is 0 Å². The lowest BCUT2D eigenvalue weighted by molar-refractivity contribution is 0.0431. The van der Waals surface area contributed by atoms with Crippen LogP contribution < -0.4 is 0 Å². The van der Waals surface area contributed by atoms with Crippen LogP contribution in [-0.4, -0.2) is 73.5 Å². The van der Waals surface area contributed by atoms with Crippen LogP contribution in [0.2, 0.25) is 0 Å². The second-order valence-electron chi connectivity index (χ2n) is 4.20. The highest BCUT2D eigenvalue weighted by molar-refractivity contribution is 4.74. The van der Waals surface area contributed by atoms with Gasteiger partial charge in [-0.15, -0.1) is 0 Å².